The number of amides is 3. The van der Waals surface area contributed by atoms with Crippen LogP contribution in [-0.2, 0) is 14.8 Å². The van der Waals surface area contributed by atoms with Crippen molar-refractivity contribution < 1.29 is 22.7 Å². The van der Waals surface area contributed by atoms with Crippen molar-refractivity contribution in [2.24, 2.45) is 0 Å². The number of aromatic nitrogens is 1. The van der Waals surface area contributed by atoms with Crippen molar-refractivity contribution >= 4 is 22.0 Å². The number of imide groups is 1. The number of likely N-dealkylation sites (N-methyl/N-ethyl adjacent to an activating group) is 1. The molecule has 2 aromatic rings. The minimum atomic E-state index is -3.83. The van der Waals surface area contributed by atoms with E-state index >= 15 is 0 Å². The molecule has 1 fully saturated rings. The molecule has 3 amide bonds. The van der Waals surface area contributed by atoms with Crippen molar-refractivity contribution in [1.82, 2.24) is 19.9 Å². The molecule has 0 radical (unpaired) electrons. The molecule has 2 N–H and O–H groups in total. The molecule has 1 saturated heterocycles. The van der Waals surface area contributed by atoms with E-state index in [0.29, 0.717) is 11.6 Å². The maximum atomic E-state index is 12.6. The van der Waals surface area contributed by atoms with E-state index in [4.69, 9.17) is 4.74 Å². The second kappa shape index (κ2) is 7.10. The van der Waals surface area contributed by atoms with Gasteiger partial charge in [-0.3, -0.25) is 10.1 Å². The summed E-state index contributed by atoms with van der Waals surface area (Å²) in [6.07, 6.45) is 1.58. The summed E-state index contributed by atoms with van der Waals surface area (Å²) in [5.74, 6) is 0.270. The van der Waals surface area contributed by atoms with Crippen LogP contribution in [0.5, 0.6) is 11.6 Å². The lowest BCUT2D eigenvalue weighted by Gasteiger charge is -2.19. The zero-order chi connectivity index (χ0) is 18.7. The summed E-state index contributed by atoms with van der Waals surface area (Å²) < 4.78 is 31.7. The number of benzene rings is 1. The van der Waals surface area contributed by atoms with Crippen molar-refractivity contribution in [2.45, 2.75) is 10.9 Å². The molecular weight excluding hydrogens is 360 g/mol. The Balaban J connectivity index is 1.70. The highest BCUT2D eigenvalue weighted by molar-refractivity contribution is 7.89. The Labute approximate surface area is 150 Å². The minimum absolute atomic E-state index is 0.0399. The van der Waals surface area contributed by atoms with Crippen LogP contribution in [0.15, 0.2) is 53.6 Å². The van der Waals surface area contributed by atoms with Crippen LogP contribution in [0, 0.1) is 0 Å². The molecule has 136 valence electrons. The largest absolute Gasteiger partial charge is 0.439 e. The first kappa shape index (κ1) is 17.8. The first-order valence-corrected chi connectivity index (χ1v) is 9.07. The average Bonchev–Trinajstić information content (AvgIpc) is 2.93. The van der Waals surface area contributed by atoms with Gasteiger partial charge in [-0.15, -0.1) is 0 Å². The van der Waals surface area contributed by atoms with Crippen LogP contribution in [0.3, 0.4) is 0 Å². The predicted molar refractivity (Wildman–Crippen MR) is 91.0 cm³/mol. The van der Waals surface area contributed by atoms with E-state index in [0.717, 1.165) is 4.31 Å². The summed E-state index contributed by atoms with van der Waals surface area (Å²) >= 11 is 0. The Morgan fingerprint density at radius 3 is 2.46 bits per heavy atom. The lowest BCUT2D eigenvalue weighted by Crippen LogP contribution is -2.42. The van der Waals surface area contributed by atoms with Crippen LogP contribution in [0.25, 0.3) is 0 Å². The average molecular weight is 376 g/mol. The van der Waals surface area contributed by atoms with Gasteiger partial charge in [-0.05, 0) is 30.3 Å². The number of urea groups is 1. The van der Waals surface area contributed by atoms with E-state index in [9.17, 15) is 18.0 Å². The van der Waals surface area contributed by atoms with Crippen molar-refractivity contribution in [3.05, 3.63) is 48.7 Å². The number of sulfonamides is 1. The van der Waals surface area contributed by atoms with Gasteiger partial charge in [0.1, 0.15) is 11.8 Å². The van der Waals surface area contributed by atoms with Crippen LogP contribution in [0.2, 0.25) is 0 Å². The van der Waals surface area contributed by atoms with Crippen LogP contribution in [-0.4, -0.2) is 49.3 Å². The molecule has 1 aromatic carbocycles. The number of nitrogens with one attached hydrogen (secondary N) is 2. The summed E-state index contributed by atoms with van der Waals surface area (Å²) in [5, 5.41) is 4.42. The fourth-order valence-electron chi connectivity index (χ4n) is 2.33. The summed E-state index contributed by atoms with van der Waals surface area (Å²) in [6, 6.07) is 9.47. The SMILES string of the molecule is CN(C[C@@H]1NC(=O)NC1=O)S(=O)(=O)c1ccc(Oc2ccccn2)cc1. The highest BCUT2D eigenvalue weighted by Crippen LogP contribution is 2.22. The van der Waals surface area contributed by atoms with Gasteiger partial charge >= 0.3 is 6.03 Å². The maximum absolute atomic E-state index is 12.6. The van der Waals surface area contributed by atoms with E-state index < -0.39 is 28.0 Å². The Bertz CT molecular complexity index is 915. The van der Waals surface area contributed by atoms with Gasteiger partial charge in [0, 0.05) is 25.9 Å². The van der Waals surface area contributed by atoms with Crippen LogP contribution in [0.1, 0.15) is 0 Å². The molecule has 3 rings (SSSR count). The molecule has 2 heterocycles. The third-order valence-corrected chi connectivity index (χ3v) is 5.53. The minimum Gasteiger partial charge on any atom is -0.439 e. The molecular formula is C16H16N4O5S. The number of nitrogens with zero attached hydrogens (tertiary/aromatic N) is 2. The number of pyridine rings is 1. The molecule has 1 aliphatic heterocycles. The van der Waals surface area contributed by atoms with Gasteiger partial charge in [-0.2, -0.15) is 4.31 Å². The molecule has 0 unspecified atom stereocenters. The third-order valence-electron chi connectivity index (χ3n) is 3.69. The van der Waals surface area contributed by atoms with Gasteiger partial charge in [0.25, 0.3) is 5.91 Å². The van der Waals surface area contributed by atoms with Gasteiger partial charge in [-0.25, -0.2) is 18.2 Å². The van der Waals surface area contributed by atoms with Gasteiger partial charge in [-0.1, -0.05) is 6.07 Å². The molecule has 0 bridgehead atoms. The number of ether oxygens (including phenoxy) is 1. The summed E-state index contributed by atoms with van der Waals surface area (Å²) in [4.78, 5) is 26.7. The fourth-order valence-corrected chi connectivity index (χ4v) is 3.52. The van der Waals surface area contributed by atoms with Gasteiger partial charge in [0.2, 0.25) is 15.9 Å². The molecule has 0 aliphatic carbocycles. The standard InChI is InChI=1S/C16H16N4O5S/c1-20(10-13-15(21)19-16(22)18-13)26(23,24)12-7-5-11(6-8-12)25-14-4-2-3-9-17-14/h2-9,13H,10H2,1H3,(H2,18,19,21,22)/t13-/m0/s1. The lowest BCUT2D eigenvalue weighted by molar-refractivity contribution is -0.120. The quantitative estimate of drug-likeness (QED) is 0.717. The molecule has 1 aromatic heterocycles. The Hall–Kier alpha value is -2.98. The fraction of sp³-hybridized carbons (Fsp3) is 0.188. The van der Waals surface area contributed by atoms with E-state index in [2.05, 4.69) is 15.6 Å². The second-order valence-corrected chi connectivity index (χ2v) is 7.59. The number of carbonyl (C=O) groups is 2. The maximum Gasteiger partial charge on any atom is 0.322 e. The number of hydrogen-bond donors (Lipinski definition) is 2. The zero-order valence-corrected chi connectivity index (χ0v) is 14.6. The summed E-state index contributed by atoms with van der Waals surface area (Å²) in [7, 11) is -2.49. The summed E-state index contributed by atoms with van der Waals surface area (Å²) in [5.41, 5.74) is 0. The first-order valence-electron chi connectivity index (χ1n) is 7.63. The molecule has 0 spiro atoms. The van der Waals surface area contributed by atoms with Crippen molar-refractivity contribution in [3.63, 3.8) is 0 Å². The normalized spacial score (nSPS) is 17.1. The smallest absolute Gasteiger partial charge is 0.322 e. The summed E-state index contributed by atoms with van der Waals surface area (Å²) in [6.45, 7) is -0.175. The third kappa shape index (κ3) is 3.81. The van der Waals surface area contributed by atoms with Gasteiger partial charge in [0.15, 0.2) is 0 Å². The highest BCUT2D eigenvalue weighted by Gasteiger charge is 2.33. The molecule has 1 aliphatic rings. The molecule has 10 heteroatoms. The second-order valence-electron chi connectivity index (χ2n) is 5.54. The van der Waals surface area contributed by atoms with Crippen LogP contribution < -0.4 is 15.4 Å². The van der Waals surface area contributed by atoms with E-state index in [1.165, 1.54) is 31.3 Å². The highest BCUT2D eigenvalue weighted by atomic mass is 32.2. The molecule has 9 nitrogen and oxygen atoms in total. The van der Waals surface area contributed by atoms with E-state index in [1.54, 1.807) is 24.4 Å². The van der Waals surface area contributed by atoms with Crippen molar-refractivity contribution in [3.8, 4) is 11.6 Å². The predicted octanol–water partition coefficient (Wildman–Crippen LogP) is 0.702. The Morgan fingerprint density at radius 1 is 1.15 bits per heavy atom. The van der Waals surface area contributed by atoms with Crippen molar-refractivity contribution in [2.75, 3.05) is 13.6 Å². The van der Waals surface area contributed by atoms with Crippen LogP contribution in [0.4, 0.5) is 4.79 Å². The van der Waals surface area contributed by atoms with Gasteiger partial charge < -0.3 is 10.1 Å². The topological polar surface area (TPSA) is 118 Å². The number of hydrogen-bond acceptors (Lipinski definition) is 6. The van der Waals surface area contributed by atoms with Crippen LogP contribution >= 0.6 is 0 Å². The van der Waals surface area contributed by atoms with E-state index in [-0.39, 0.29) is 11.4 Å². The number of carbonyl (C=O) groups excluding carboxylic acids is 2. The Kier molecular flexibility index (Phi) is 4.87. The van der Waals surface area contributed by atoms with Crippen molar-refractivity contribution in [1.29, 1.82) is 0 Å². The molecule has 0 saturated carbocycles. The van der Waals surface area contributed by atoms with E-state index in [1.807, 2.05) is 0 Å². The lowest BCUT2D eigenvalue weighted by atomic mass is 10.3. The molecule has 26 heavy (non-hydrogen) atoms. The van der Waals surface area contributed by atoms with Gasteiger partial charge in [0.05, 0.1) is 4.90 Å². The first-order chi connectivity index (χ1) is 12.4. The molecule has 1 atom stereocenters. The monoisotopic (exact) mass is 376 g/mol. The number of rotatable bonds is 6. The Morgan fingerprint density at radius 2 is 1.88 bits per heavy atom. The zero-order valence-electron chi connectivity index (χ0n) is 13.7.